The molecule has 0 spiro atoms. The van der Waals surface area contributed by atoms with E-state index >= 15 is 0 Å². The summed E-state index contributed by atoms with van der Waals surface area (Å²) in [5.74, 6) is 1.50. The molecular formula is C17H26N2O2. The van der Waals surface area contributed by atoms with E-state index in [4.69, 9.17) is 4.74 Å². The van der Waals surface area contributed by atoms with Gasteiger partial charge in [0.1, 0.15) is 5.75 Å². The van der Waals surface area contributed by atoms with Crippen LogP contribution < -0.4 is 15.4 Å². The second kappa shape index (κ2) is 8.55. The minimum atomic E-state index is 0.0480. The number of amides is 1. The van der Waals surface area contributed by atoms with Crippen molar-refractivity contribution in [3.05, 3.63) is 24.3 Å². The van der Waals surface area contributed by atoms with E-state index in [2.05, 4.69) is 10.6 Å². The largest absolute Gasteiger partial charge is 0.492 e. The highest BCUT2D eigenvalue weighted by Crippen LogP contribution is 2.24. The zero-order valence-electron chi connectivity index (χ0n) is 12.9. The summed E-state index contributed by atoms with van der Waals surface area (Å²) in [6, 6.07) is 7.70. The van der Waals surface area contributed by atoms with E-state index in [1.54, 1.807) is 0 Å². The SMILES string of the molecule is CCOc1ccccc1NCC(=O)NCC1CCCCC1. The van der Waals surface area contributed by atoms with Crippen LogP contribution in [0.1, 0.15) is 39.0 Å². The molecule has 1 aliphatic rings. The summed E-state index contributed by atoms with van der Waals surface area (Å²) < 4.78 is 5.53. The van der Waals surface area contributed by atoms with Gasteiger partial charge in [-0.15, -0.1) is 0 Å². The molecule has 1 amide bonds. The fraction of sp³-hybridized carbons (Fsp3) is 0.588. The van der Waals surface area contributed by atoms with Gasteiger partial charge in [-0.1, -0.05) is 31.4 Å². The minimum Gasteiger partial charge on any atom is -0.492 e. The van der Waals surface area contributed by atoms with Crippen LogP contribution in [0.4, 0.5) is 5.69 Å². The predicted octanol–water partition coefficient (Wildman–Crippen LogP) is 3.19. The van der Waals surface area contributed by atoms with Gasteiger partial charge in [0.05, 0.1) is 18.8 Å². The average Bonchev–Trinajstić information content (AvgIpc) is 2.53. The highest BCUT2D eigenvalue weighted by molar-refractivity contribution is 5.81. The van der Waals surface area contributed by atoms with Crippen molar-refractivity contribution in [1.82, 2.24) is 5.32 Å². The first kappa shape index (κ1) is 15.7. The van der Waals surface area contributed by atoms with E-state index in [-0.39, 0.29) is 12.5 Å². The van der Waals surface area contributed by atoms with Crippen molar-refractivity contribution in [2.24, 2.45) is 5.92 Å². The summed E-state index contributed by atoms with van der Waals surface area (Å²) in [7, 11) is 0. The fourth-order valence-corrected chi connectivity index (χ4v) is 2.78. The molecule has 1 fully saturated rings. The molecule has 1 aliphatic carbocycles. The molecule has 0 saturated heterocycles. The topological polar surface area (TPSA) is 50.4 Å². The van der Waals surface area contributed by atoms with Crippen LogP contribution in [-0.2, 0) is 4.79 Å². The molecule has 21 heavy (non-hydrogen) atoms. The number of ether oxygens (including phenoxy) is 1. The lowest BCUT2D eigenvalue weighted by atomic mass is 9.89. The van der Waals surface area contributed by atoms with E-state index in [1.165, 1.54) is 32.1 Å². The molecule has 2 N–H and O–H groups in total. The molecule has 2 rings (SSSR count). The molecule has 4 heteroatoms. The van der Waals surface area contributed by atoms with E-state index in [0.717, 1.165) is 18.0 Å². The van der Waals surface area contributed by atoms with Crippen LogP contribution in [0.15, 0.2) is 24.3 Å². The number of benzene rings is 1. The third kappa shape index (κ3) is 5.29. The van der Waals surface area contributed by atoms with Gasteiger partial charge in [0.25, 0.3) is 0 Å². The quantitative estimate of drug-likeness (QED) is 0.811. The van der Waals surface area contributed by atoms with Gasteiger partial charge in [-0.05, 0) is 37.8 Å². The maximum Gasteiger partial charge on any atom is 0.239 e. The Balaban J connectivity index is 1.73. The molecule has 0 atom stereocenters. The molecule has 1 aromatic rings. The van der Waals surface area contributed by atoms with Gasteiger partial charge in [0.2, 0.25) is 5.91 Å². The molecule has 1 saturated carbocycles. The molecule has 0 unspecified atom stereocenters. The summed E-state index contributed by atoms with van der Waals surface area (Å²) in [6.07, 6.45) is 6.46. The fourth-order valence-electron chi connectivity index (χ4n) is 2.78. The lowest BCUT2D eigenvalue weighted by molar-refractivity contribution is -0.119. The number of rotatable bonds is 7. The highest BCUT2D eigenvalue weighted by atomic mass is 16.5. The van der Waals surface area contributed by atoms with Crippen molar-refractivity contribution in [1.29, 1.82) is 0 Å². The summed E-state index contributed by atoms with van der Waals surface area (Å²) in [4.78, 5) is 11.9. The van der Waals surface area contributed by atoms with Gasteiger partial charge >= 0.3 is 0 Å². The smallest absolute Gasteiger partial charge is 0.239 e. The highest BCUT2D eigenvalue weighted by Gasteiger charge is 2.14. The van der Waals surface area contributed by atoms with Gasteiger partial charge in [0, 0.05) is 6.54 Å². The molecule has 0 aromatic heterocycles. The molecule has 0 aliphatic heterocycles. The summed E-state index contributed by atoms with van der Waals surface area (Å²) in [6.45, 7) is 3.67. The van der Waals surface area contributed by atoms with Crippen LogP contribution >= 0.6 is 0 Å². The van der Waals surface area contributed by atoms with Crippen LogP contribution in [0, 0.1) is 5.92 Å². The monoisotopic (exact) mass is 290 g/mol. The number of para-hydroxylation sites is 2. The van der Waals surface area contributed by atoms with Gasteiger partial charge in [-0.3, -0.25) is 4.79 Å². The number of hydrogen-bond acceptors (Lipinski definition) is 3. The molecule has 0 heterocycles. The Kier molecular flexibility index (Phi) is 6.38. The van der Waals surface area contributed by atoms with Crippen molar-refractivity contribution < 1.29 is 9.53 Å². The zero-order chi connectivity index (χ0) is 14.9. The summed E-state index contributed by atoms with van der Waals surface area (Å²) >= 11 is 0. The van der Waals surface area contributed by atoms with E-state index in [9.17, 15) is 4.79 Å². The number of carbonyl (C=O) groups excluding carboxylic acids is 1. The molecule has 0 radical (unpaired) electrons. The number of nitrogens with one attached hydrogen (secondary N) is 2. The number of carbonyl (C=O) groups is 1. The Morgan fingerprint density at radius 3 is 2.76 bits per heavy atom. The van der Waals surface area contributed by atoms with Crippen LogP contribution in [0.5, 0.6) is 5.75 Å². The van der Waals surface area contributed by atoms with Crippen molar-refractivity contribution in [2.75, 3.05) is 25.0 Å². The van der Waals surface area contributed by atoms with Gasteiger partial charge < -0.3 is 15.4 Å². The normalized spacial score (nSPS) is 15.5. The second-order valence-electron chi connectivity index (χ2n) is 5.59. The maximum absolute atomic E-state index is 11.9. The Morgan fingerprint density at radius 1 is 1.24 bits per heavy atom. The lowest BCUT2D eigenvalue weighted by Crippen LogP contribution is -2.34. The average molecular weight is 290 g/mol. The summed E-state index contributed by atoms with van der Waals surface area (Å²) in [5.41, 5.74) is 0.868. The van der Waals surface area contributed by atoms with Gasteiger partial charge in [-0.2, -0.15) is 0 Å². The van der Waals surface area contributed by atoms with Crippen molar-refractivity contribution in [2.45, 2.75) is 39.0 Å². The van der Waals surface area contributed by atoms with E-state index in [0.29, 0.717) is 12.5 Å². The molecule has 4 nitrogen and oxygen atoms in total. The molecule has 116 valence electrons. The zero-order valence-corrected chi connectivity index (χ0v) is 12.9. The van der Waals surface area contributed by atoms with Crippen molar-refractivity contribution >= 4 is 11.6 Å². The van der Waals surface area contributed by atoms with Crippen LogP contribution in [-0.4, -0.2) is 25.6 Å². The first-order valence-corrected chi connectivity index (χ1v) is 8.02. The van der Waals surface area contributed by atoms with E-state index in [1.807, 2.05) is 31.2 Å². The Morgan fingerprint density at radius 2 is 2.00 bits per heavy atom. The minimum absolute atomic E-state index is 0.0480. The van der Waals surface area contributed by atoms with Crippen LogP contribution in [0.3, 0.4) is 0 Å². The van der Waals surface area contributed by atoms with Crippen molar-refractivity contribution in [3.63, 3.8) is 0 Å². The number of anilines is 1. The first-order valence-electron chi connectivity index (χ1n) is 8.02. The third-order valence-electron chi connectivity index (χ3n) is 3.94. The molecule has 1 aromatic carbocycles. The van der Waals surface area contributed by atoms with Crippen molar-refractivity contribution in [3.8, 4) is 5.75 Å². The number of hydrogen-bond donors (Lipinski definition) is 2. The Hall–Kier alpha value is -1.71. The maximum atomic E-state index is 11.9. The van der Waals surface area contributed by atoms with Gasteiger partial charge in [-0.25, -0.2) is 0 Å². The second-order valence-corrected chi connectivity index (χ2v) is 5.59. The Labute approximate surface area is 127 Å². The standard InChI is InChI=1S/C17H26N2O2/c1-2-21-16-11-7-6-10-15(16)18-13-17(20)19-12-14-8-4-3-5-9-14/h6-7,10-11,14,18H,2-5,8-9,12-13H2,1H3,(H,19,20). The molecule has 0 bridgehead atoms. The molecular weight excluding hydrogens is 264 g/mol. The third-order valence-corrected chi connectivity index (χ3v) is 3.94. The summed E-state index contributed by atoms with van der Waals surface area (Å²) in [5, 5.41) is 6.18. The van der Waals surface area contributed by atoms with E-state index < -0.39 is 0 Å². The Bertz CT molecular complexity index is 442. The van der Waals surface area contributed by atoms with Crippen LogP contribution in [0.2, 0.25) is 0 Å². The van der Waals surface area contributed by atoms with Gasteiger partial charge in [0.15, 0.2) is 0 Å². The lowest BCUT2D eigenvalue weighted by Gasteiger charge is -2.21. The van der Waals surface area contributed by atoms with Crippen LogP contribution in [0.25, 0.3) is 0 Å². The predicted molar refractivity (Wildman–Crippen MR) is 85.7 cm³/mol. The first-order chi connectivity index (χ1) is 10.3.